The van der Waals surface area contributed by atoms with Crippen LogP contribution in [0.15, 0.2) is 78.0 Å². The van der Waals surface area contributed by atoms with Gasteiger partial charge in [0.15, 0.2) is 5.69 Å². The molecule has 5 N–H and O–H groups in total. The van der Waals surface area contributed by atoms with Crippen molar-refractivity contribution in [2.24, 2.45) is 16.6 Å². The molecule has 44 heavy (non-hydrogen) atoms. The molecule has 1 aliphatic rings. The Hall–Kier alpha value is -5.11. The standard InChI is InChI=1S/C30H27F4N7O3/c31-23-9-8-19(29(35,11-10-18-6-7-18)20-3-2-12-36-16-20)13-24(23)39-27(42)25-15-26(30(32,33)34)40-41(25)22-5-1-4-21(14-22)37-17-38-28(43)44/h1-5,8-9,12-18H,6-7,10-11,35H2,(H,37,38)(H,39,42)(H,43,44). The molecule has 2 aromatic heterocycles. The number of hydrogen-bond donors (Lipinski definition) is 4. The lowest BCUT2D eigenvalue weighted by Crippen LogP contribution is -2.38. The van der Waals surface area contributed by atoms with E-state index in [-0.39, 0.29) is 17.1 Å². The Morgan fingerprint density at radius 1 is 1.09 bits per heavy atom. The molecule has 1 fully saturated rings. The third-order valence-corrected chi connectivity index (χ3v) is 7.26. The zero-order chi connectivity index (χ0) is 31.5. The van der Waals surface area contributed by atoms with Crippen LogP contribution in [0.1, 0.15) is 53.0 Å². The summed E-state index contributed by atoms with van der Waals surface area (Å²) >= 11 is 0. The fourth-order valence-corrected chi connectivity index (χ4v) is 4.75. The van der Waals surface area contributed by atoms with E-state index in [1.807, 2.05) is 11.4 Å². The number of aliphatic imine (C=N–C) groups is 1. The Kier molecular flexibility index (Phi) is 8.45. The van der Waals surface area contributed by atoms with Gasteiger partial charge >= 0.3 is 12.3 Å². The van der Waals surface area contributed by atoms with E-state index in [9.17, 15) is 22.8 Å². The van der Waals surface area contributed by atoms with E-state index in [4.69, 9.17) is 10.8 Å². The first-order chi connectivity index (χ1) is 20.9. The molecule has 10 nitrogen and oxygen atoms in total. The highest BCUT2D eigenvalue weighted by Crippen LogP contribution is 2.40. The van der Waals surface area contributed by atoms with Crippen LogP contribution in [0, 0.1) is 11.7 Å². The normalized spacial score (nSPS) is 14.8. The third kappa shape index (κ3) is 6.92. The zero-order valence-corrected chi connectivity index (χ0v) is 23.1. The number of aromatic nitrogens is 3. The molecule has 228 valence electrons. The van der Waals surface area contributed by atoms with E-state index < -0.39 is 40.9 Å². The van der Waals surface area contributed by atoms with Gasteiger partial charge in [-0.2, -0.15) is 18.3 Å². The van der Waals surface area contributed by atoms with Gasteiger partial charge in [-0.1, -0.05) is 31.0 Å². The number of carboxylic acid groups (broad SMARTS) is 1. The minimum absolute atomic E-state index is 0.0162. The number of halogens is 4. The molecule has 0 saturated heterocycles. The Morgan fingerprint density at radius 3 is 2.57 bits per heavy atom. The number of nitrogens with one attached hydrogen (secondary N) is 2. The van der Waals surface area contributed by atoms with E-state index in [0.717, 1.165) is 36.3 Å². The van der Waals surface area contributed by atoms with Crippen molar-refractivity contribution in [2.75, 3.05) is 5.32 Å². The molecule has 14 heteroatoms. The average Bonchev–Trinajstić information content (AvgIpc) is 3.71. The van der Waals surface area contributed by atoms with Gasteiger partial charge in [-0.3, -0.25) is 15.1 Å². The number of anilines is 1. The van der Waals surface area contributed by atoms with E-state index in [0.29, 0.717) is 29.5 Å². The predicted octanol–water partition coefficient (Wildman–Crippen LogP) is 6.00. The van der Waals surface area contributed by atoms with Crippen LogP contribution in [0.4, 0.5) is 33.7 Å². The summed E-state index contributed by atoms with van der Waals surface area (Å²) in [5.41, 5.74) is 5.06. The number of amides is 2. The number of rotatable bonds is 10. The second-order valence-corrected chi connectivity index (χ2v) is 10.4. The van der Waals surface area contributed by atoms with Gasteiger partial charge in [-0.15, -0.1) is 0 Å². The number of nitrogens with zero attached hydrogens (tertiary/aromatic N) is 4. The second-order valence-electron chi connectivity index (χ2n) is 10.4. The summed E-state index contributed by atoms with van der Waals surface area (Å²) < 4.78 is 56.9. The molecule has 0 aliphatic heterocycles. The number of carbonyl (C=O) groups excluding carboxylic acids is 1. The quantitative estimate of drug-likeness (QED) is 0.0986. The van der Waals surface area contributed by atoms with Crippen LogP contribution in [0.3, 0.4) is 0 Å². The summed E-state index contributed by atoms with van der Waals surface area (Å²) in [5.74, 6) is -1.33. The third-order valence-electron chi connectivity index (χ3n) is 7.26. The Labute approximate surface area is 248 Å². The smallest absolute Gasteiger partial charge is 0.435 e. The van der Waals surface area contributed by atoms with Crippen LogP contribution in [0.25, 0.3) is 5.69 Å². The van der Waals surface area contributed by atoms with Gasteiger partial charge in [0.1, 0.15) is 11.5 Å². The van der Waals surface area contributed by atoms with Crippen LogP contribution >= 0.6 is 0 Å². The van der Waals surface area contributed by atoms with Crippen molar-refractivity contribution < 1.29 is 32.3 Å². The van der Waals surface area contributed by atoms with Gasteiger partial charge in [-0.05, 0) is 66.3 Å². The molecule has 1 atom stereocenters. The summed E-state index contributed by atoms with van der Waals surface area (Å²) in [6, 6.07) is 13.7. The second kappa shape index (κ2) is 12.2. The topological polar surface area (TPSA) is 148 Å². The van der Waals surface area contributed by atoms with Gasteiger partial charge in [0.05, 0.1) is 28.9 Å². The number of pyridine rings is 1. The van der Waals surface area contributed by atoms with E-state index in [1.165, 1.54) is 36.4 Å². The minimum atomic E-state index is -4.89. The van der Waals surface area contributed by atoms with Gasteiger partial charge < -0.3 is 16.2 Å². The predicted molar refractivity (Wildman–Crippen MR) is 153 cm³/mol. The molecular formula is C30H27F4N7O3. The molecule has 0 bridgehead atoms. The molecule has 4 aromatic rings. The Bertz CT molecular complexity index is 1700. The number of hydrogen-bond acceptors (Lipinski definition) is 6. The van der Waals surface area contributed by atoms with Crippen molar-refractivity contribution >= 4 is 29.7 Å². The molecule has 1 aliphatic carbocycles. The van der Waals surface area contributed by atoms with Crippen molar-refractivity contribution in [3.63, 3.8) is 0 Å². The lowest BCUT2D eigenvalue weighted by atomic mass is 9.80. The zero-order valence-electron chi connectivity index (χ0n) is 23.1. The van der Waals surface area contributed by atoms with Gasteiger partial charge in [-0.25, -0.2) is 18.9 Å². The average molecular weight is 610 g/mol. The van der Waals surface area contributed by atoms with Crippen molar-refractivity contribution in [3.8, 4) is 5.69 Å². The number of benzene rings is 2. The van der Waals surface area contributed by atoms with Crippen LogP contribution in [0.5, 0.6) is 0 Å². The lowest BCUT2D eigenvalue weighted by molar-refractivity contribution is -0.141. The fourth-order valence-electron chi connectivity index (χ4n) is 4.75. The van der Waals surface area contributed by atoms with Crippen molar-refractivity contribution in [1.29, 1.82) is 0 Å². The maximum Gasteiger partial charge on any atom is 0.435 e. The maximum atomic E-state index is 15.1. The largest absolute Gasteiger partial charge is 0.465 e. The molecule has 0 radical (unpaired) electrons. The highest BCUT2D eigenvalue weighted by atomic mass is 19.4. The van der Waals surface area contributed by atoms with Crippen LogP contribution < -0.4 is 16.4 Å². The fraction of sp³-hybridized carbons (Fsp3) is 0.233. The molecule has 1 unspecified atom stereocenters. The first-order valence-corrected chi connectivity index (χ1v) is 13.5. The van der Waals surface area contributed by atoms with E-state index in [2.05, 4.69) is 20.4 Å². The molecule has 5 rings (SSSR count). The number of alkyl halides is 3. The monoisotopic (exact) mass is 609 g/mol. The van der Waals surface area contributed by atoms with Gasteiger partial charge in [0.25, 0.3) is 5.91 Å². The van der Waals surface area contributed by atoms with Gasteiger partial charge in [0, 0.05) is 18.5 Å². The molecular weight excluding hydrogens is 582 g/mol. The Morgan fingerprint density at radius 2 is 1.89 bits per heavy atom. The number of nitrogens with two attached hydrogens (primary N) is 1. The molecule has 2 aromatic carbocycles. The number of carbonyl (C=O) groups is 2. The lowest BCUT2D eigenvalue weighted by Gasteiger charge is -2.31. The highest BCUT2D eigenvalue weighted by molar-refractivity contribution is 6.03. The SMILES string of the molecule is NC(CCC1CC1)(c1cccnc1)c1ccc(F)c(NC(=O)c2cc(C(F)(F)F)nn2-c2cccc(N=CNC(=O)O)c2)c1. The summed E-state index contributed by atoms with van der Waals surface area (Å²) in [4.78, 5) is 32.2. The summed E-state index contributed by atoms with van der Waals surface area (Å²) in [6.07, 6.45) is 1.43. The van der Waals surface area contributed by atoms with Gasteiger partial charge in [0.2, 0.25) is 0 Å². The maximum absolute atomic E-state index is 15.1. The summed E-state index contributed by atoms with van der Waals surface area (Å²) in [7, 11) is 0. The summed E-state index contributed by atoms with van der Waals surface area (Å²) in [6.45, 7) is 0. The highest BCUT2D eigenvalue weighted by Gasteiger charge is 2.37. The molecule has 0 spiro atoms. The van der Waals surface area contributed by atoms with Crippen molar-refractivity contribution in [1.82, 2.24) is 20.1 Å². The Balaban J connectivity index is 1.49. The van der Waals surface area contributed by atoms with Crippen LogP contribution in [-0.2, 0) is 11.7 Å². The minimum Gasteiger partial charge on any atom is -0.465 e. The van der Waals surface area contributed by atoms with Crippen LogP contribution in [0.2, 0.25) is 0 Å². The molecule has 1 saturated carbocycles. The van der Waals surface area contributed by atoms with Crippen molar-refractivity contribution in [2.45, 2.75) is 37.4 Å². The summed E-state index contributed by atoms with van der Waals surface area (Å²) in [5, 5.41) is 16.6. The molecule has 2 amide bonds. The first kappa shape index (κ1) is 30.4. The van der Waals surface area contributed by atoms with E-state index in [1.54, 1.807) is 18.5 Å². The van der Waals surface area contributed by atoms with E-state index >= 15 is 4.39 Å². The first-order valence-electron chi connectivity index (χ1n) is 13.5. The molecule has 2 heterocycles. The van der Waals surface area contributed by atoms with Crippen LogP contribution in [-0.4, -0.2) is 38.2 Å². The van der Waals surface area contributed by atoms with Crippen molar-refractivity contribution in [3.05, 3.63) is 101 Å².